The summed E-state index contributed by atoms with van der Waals surface area (Å²) < 4.78 is 22.6. The molecule has 0 atom stereocenters. The molecule has 214 valence electrons. The number of carbonyl (C=O) groups is 2. The molecule has 0 aliphatic heterocycles. The Morgan fingerprint density at radius 3 is 1.29 bits per heavy atom. The molecule has 8 heteroatoms. The molecule has 4 aromatic rings. The van der Waals surface area contributed by atoms with Crippen LogP contribution < -0.4 is 18.9 Å². The van der Waals surface area contributed by atoms with Gasteiger partial charge in [-0.15, -0.1) is 0 Å². The van der Waals surface area contributed by atoms with Crippen LogP contribution in [0.15, 0.2) is 108 Å². The maximum Gasteiger partial charge on any atom is 0.336 e. The summed E-state index contributed by atoms with van der Waals surface area (Å²) in [6.07, 6.45) is 2.56. The van der Waals surface area contributed by atoms with Gasteiger partial charge in [-0.1, -0.05) is 72.8 Å². The molecular weight excluding hydrogens is 536 g/mol. The van der Waals surface area contributed by atoms with Gasteiger partial charge in [0.1, 0.15) is 13.2 Å². The first kappa shape index (κ1) is 29.5. The molecule has 4 rings (SSSR count). The number of benzene rings is 4. The number of methoxy groups -OCH3 is 2. The third-order valence-corrected chi connectivity index (χ3v) is 6.22. The summed E-state index contributed by atoms with van der Waals surface area (Å²) in [6.45, 7) is 0.635. The molecule has 4 aromatic carbocycles. The van der Waals surface area contributed by atoms with E-state index in [-0.39, 0.29) is 0 Å². The highest BCUT2D eigenvalue weighted by atomic mass is 16.5. The maximum atomic E-state index is 12.2. The first-order valence-electron chi connectivity index (χ1n) is 13.0. The van der Waals surface area contributed by atoms with E-state index in [2.05, 4.69) is 0 Å². The SMILES string of the molecule is COc1cc(/C=C(C(=O)O)/C(=C/c2ccc(OCc3ccccc3)c(OC)c2)C(=O)O)ccc1OCc1ccccc1. The molecule has 0 unspecified atom stereocenters. The Hall–Kier alpha value is -5.50. The minimum atomic E-state index is -1.40. The molecule has 0 aliphatic rings. The number of aliphatic carboxylic acids is 2. The van der Waals surface area contributed by atoms with Gasteiger partial charge in [0.15, 0.2) is 23.0 Å². The van der Waals surface area contributed by atoms with Gasteiger partial charge in [-0.25, -0.2) is 9.59 Å². The normalized spacial score (nSPS) is 11.5. The molecule has 0 aromatic heterocycles. The second-order valence-corrected chi connectivity index (χ2v) is 9.10. The van der Waals surface area contributed by atoms with Crippen molar-refractivity contribution in [1.82, 2.24) is 0 Å². The molecule has 0 saturated carbocycles. The molecule has 0 radical (unpaired) electrons. The molecule has 8 nitrogen and oxygen atoms in total. The van der Waals surface area contributed by atoms with Crippen LogP contribution in [0.5, 0.6) is 23.0 Å². The van der Waals surface area contributed by atoms with Crippen LogP contribution in [0.1, 0.15) is 22.3 Å². The van der Waals surface area contributed by atoms with Gasteiger partial charge in [0, 0.05) is 0 Å². The molecule has 0 fully saturated rings. The van der Waals surface area contributed by atoms with Gasteiger partial charge in [0.05, 0.1) is 25.4 Å². The van der Waals surface area contributed by atoms with Crippen molar-refractivity contribution in [2.45, 2.75) is 13.2 Å². The molecule has 0 amide bonds. The molecular formula is C34H30O8. The number of hydrogen-bond donors (Lipinski definition) is 2. The average Bonchev–Trinajstić information content (AvgIpc) is 3.01. The Morgan fingerprint density at radius 2 is 0.952 bits per heavy atom. The zero-order valence-electron chi connectivity index (χ0n) is 23.2. The van der Waals surface area contributed by atoms with Gasteiger partial charge in [-0.2, -0.15) is 0 Å². The lowest BCUT2D eigenvalue weighted by Gasteiger charge is -2.13. The monoisotopic (exact) mass is 566 g/mol. The summed E-state index contributed by atoms with van der Waals surface area (Å²) in [7, 11) is 2.94. The van der Waals surface area contributed by atoms with Gasteiger partial charge < -0.3 is 29.2 Å². The lowest BCUT2D eigenvalue weighted by molar-refractivity contribution is -0.136. The van der Waals surface area contributed by atoms with Crippen LogP contribution >= 0.6 is 0 Å². The Labute approximate surface area is 243 Å². The highest BCUT2D eigenvalue weighted by Gasteiger charge is 2.21. The van der Waals surface area contributed by atoms with E-state index >= 15 is 0 Å². The fraction of sp³-hybridized carbons (Fsp3) is 0.118. The predicted molar refractivity (Wildman–Crippen MR) is 159 cm³/mol. The van der Waals surface area contributed by atoms with Crippen LogP contribution in [0, 0.1) is 0 Å². The first-order chi connectivity index (χ1) is 20.4. The quantitative estimate of drug-likeness (QED) is 0.139. The van der Waals surface area contributed by atoms with Crippen molar-refractivity contribution in [3.8, 4) is 23.0 Å². The maximum absolute atomic E-state index is 12.2. The van der Waals surface area contributed by atoms with Crippen molar-refractivity contribution in [2.24, 2.45) is 0 Å². The van der Waals surface area contributed by atoms with E-state index < -0.39 is 23.1 Å². The lowest BCUT2D eigenvalue weighted by Crippen LogP contribution is -2.11. The smallest absolute Gasteiger partial charge is 0.336 e. The summed E-state index contributed by atoms with van der Waals surface area (Å²) >= 11 is 0. The molecule has 2 N–H and O–H groups in total. The third-order valence-electron chi connectivity index (χ3n) is 6.22. The fourth-order valence-corrected chi connectivity index (χ4v) is 4.10. The Kier molecular flexibility index (Phi) is 9.99. The van der Waals surface area contributed by atoms with Crippen molar-refractivity contribution in [3.05, 3.63) is 130 Å². The molecule has 0 aliphatic carbocycles. The Morgan fingerprint density at radius 1 is 0.571 bits per heavy atom. The van der Waals surface area contributed by atoms with Crippen LogP contribution in [0.4, 0.5) is 0 Å². The molecule has 0 bridgehead atoms. The molecule has 0 heterocycles. The fourth-order valence-electron chi connectivity index (χ4n) is 4.10. The van der Waals surface area contributed by atoms with Crippen LogP contribution in [-0.4, -0.2) is 36.4 Å². The standard InChI is InChI=1S/C34H30O8/c1-39-31-19-25(13-15-29(31)41-21-23-9-5-3-6-10-23)17-27(33(35)36)28(34(37)38)18-26-14-16-30(32(20-26)40-2)42-22-24-11-7-4-8-12-24/h3-20H,21-22H2,1-2H3,(H,35,36)(H,37,38)/b27-17-,28-18-. The second kappa shape index (κ2) is 14.2. The Bertz CT molecular complexity index is 1470. The van der Waals surface area contributed by atoms with E-state index in [4.69, 9.17) is 18.9 Å². The summed E-state index contributed by atoms with van der Waals surface area (Å²) in [5, 5.41) is 19.9. The number of hydrogen-bond acceptors (Lipinski definition) is 6. The van der Waals surface area contributed by atoms with Crippen molar-refractivity contribution in [3.63, 3.8) is 0 Å². The third kappa shape index (κ3) is 7.79. The number of carboxylic acids is 2. The van der Waals surface area contributed by atoms with Crippen molar-refractivity contribution < 1.29 is 38.7 Å². The van der Waals surface area contributed by atoms with Gasteiger partial charge >= 0.3 is 11.9 Å². The van der Waals surface area contributed by atoms with Gasteiger partial charge in [0.25, 0.3) is 0 Å². The largest absolute Gasteiger partial charge is 0.493 e. The number of ether oxygens (including phenoxy) is 4. The van der Waals surface area contributed by atoms with E-state index in [9.17, 15) is 19.8 Å². The van der Waals surface area contributed by atoms with E-state index in [0.29, 0.717) is 47.3 Å². The van der Waals surface area contributed by atoms with Gasteiger partial charge in [-0.3, -0.25) is 0 Å². The highest BCUT2D eigenvalue weighted by molar-refractivity contribution is 6.11. The van der Waals surface area contributed by atoms with Crippen LogP contribution in [0.25, 0.3) is 12.2 Å². The molecule has 0 spiro atoms. The number of rotatable bonds is 13. The van der Waals surface area contributed by atoms with Crippen molar-refractivity contribution in [1.29, 1.82) is 0 Å². The summed E-state index contributed by atoms with van der Waals surface area (Å²) in [6, 6.07) is 29.0. The predicted octanol–water partition coefficient (Wildman–Crippen LogP) is 6.50. The average molecular weight is 567 g/mol. The summed E-state index contributed by atoms with van der Waals surface area (Å²) in [4.78, 5) is 24.5. The topological polar surface area (TPSA) is 112 Å². The zero-order chi connectivity index (χ0) is 29.9. The van der Waals surface area contributed by atoms with Gasteiger partial charge in [0.2, 0.25) is 0 Å². The minimum absolute atomic E-state index is 0.318. The van der Waals surface area contributed by atoms with Crippen LogP contribution in [0.2, 0.25) is 0 Å². The van der Waals surface area contributed by atoms with E-state index in [1.54, 1.807) is 36.4 Å². The van der Waals surface area contributed by atoms with Crippen LogP contribution in [-0.2, 0) is 22.8 Å². The first-order valence-corrected chi connectivity index (χ1v) is 13.0. The Balaban J connectivity index is 1.60. The number of carboxylic acid groups (broad SMARTS) is 2. The van der Waals surface area contributed by atoms with E-state index in [1.165, 1.54) is 26.4 Å². The lowest BCUT2D eigenvalue weighted by atomic mass is 10.00. The van der Waals surface area contributed by atoms with Crippen LogP contribution in [0.3, 0.4) is 0 Å². The zero-order valence-corrected chi connectivity index (χ0v) is 23.2. The summed E-state index contributed by atoms with van der Waals surface area (Å²) in [5.74, 6) is -1.12. The highest BCUT2D eigenvalue weighted by Crippen LogP contribution is 2.32. The molecule has 42 heavy (non-hydrogen) atoms. The van der Waals surface area contributed by atoms with E-state index in [1.807, 2.05) is 60.7 Å². The van der Waals surface area contributed by atoms with E-state index in [0.717, 1.165) is 11.1 Å². The molecule has 0 saturated heterocycles. The second-order valence-electron chi connectivity index (χ2n) is 9.10. The summed E-state index contributed by atoms with van der Waals surface area (Å²) in [5.41, 5.74) is 1.97. The minimum Gasteiger partial charge on any atom is -0.493 e. The van der Waals surface area contributed by atoms with Crippen molar-refractivity contribution in [2.75, 3.05) is 14.2 Å². The van der Waals surface area contributed by atoms with Crippen molar-refractivity contribution >= 4 is 24.1 Å². The van der Waals surface area contributed by atoms with Gasteiger partial charge in [-0.05, 0) is 58.7 Å².